The third kappa shape index (κ3) is 7.25. The summed E-state index contributed by atoms with van der Waals surface area (Å²) >= 11 is 0. The summed E-state index contributed by atoms with van der Waals surface area (Å²) in [6, 6.07) is 0. The highest BCUT2D eigenvalue weighted by Gasteiger charge is 2.20. The van der Waals surface area contributed by atoms with E-state index in [0.717, 1.165) is 0 Å². The Bertz CT molecular complexity index is 186. The highest BCUT2D eigenvalue weighted by atomic mass is 19.3. The lowest BCUT2D eigenvalue weighted by Gasteiger charge is -2.14. The largest absolute Gasteiger partial charge is 0.481 e. The van der Waals surface area contributed by atoms with Gasteiger partial charge in [0.2, 0.25) is 6.43 Å². The van der Waals surface area contributed by atoms with Gasteiger partial charge >= 0.3 is 5.97 Å². The monoisotopic (exact) mass is 224 g/mol. The van der Waals surface area contributed by atoms with Crippen LogP contribution in [-0.2, 0) is 4.79 Å². The van der Waals surface area contributed by atoms with Crippen LogP contribution in [0, 0.1) is 5.92 Å². The summed E-state index contributed by atoms with van der Waals surface area (Å²) in [6.07, 6.45) is -1.30. The predicted octanol–water partition coefficient (Wildman–Crippen LogP) is 2.28. The third-order valence-corrected chi connectivity index (χ3v) is 2.39. The minimum atomic E-state index is -2.27. The summed E-state index contributed by atoms with van der Waals surface area (Å²) in [4.78, 5) is 10.5. The molecule has 0 saturated carbocycles. The molecule has 2 N–H and O–H groups in total. The van der Waals surface area contributed by atoms with E-state index in [1.54, 1.807) is 0 Å². The molecule has 0 aromatic heterocycles. The molecule has 15 heavy (non-hydrogen) atoms. The van der Waals surface area contributed by atoms with Crippen molar-refractivity contribution >= 4 is 5.97 Å². The fourth-order valence-electron chi connectivity index (χ4n) is 1.24. The third-order valence-electron chi connectivity index (χ3n) is 2.39. The van der Waals surface area contributed by atoms with E-state index in [0.29, 0.717) is 25.7 Å². The number of carboxylic acids is 1. The van der Waals surface area contributed by atoms with Crippen molar-refractivity contribution in [2.45, 2.75) is 51.6 Å². The molecule has 0 saturated heterocycles. The van der Waals surface area contributed by atoms with E-state index in [2.05, 4.69) is 0 Å². The number of aliphatic hydroxyl groups is 1. The summed E-state index contributed by atoms with van der Waals surface area (Å²) in [6.45, 7) is 1.44. The van der Waals surface area contributed by atoms with Gasteiger partial charge in [-0.25, -0.2) is 8.78 Å². The molecule has 0 aliphatic heterocycles. The van der Waals surface area contributed by atoms with Crippen molar-refractivity contribution in [3.63, 3.8) is 0 Å². The number of hydrogen-bond acceptors (Lipinski definition) is 2. The summed E-state index contributed by atoms with van der Waals surface area (Å²) in [5.74, 6) is -1.82. The second-order valence-electron chi connectivity index (χ2n) is 3.72. The van der Waals surface area contributed by atoms with E-state index in [1.807, 2.05) is 0 Å². The molecule has 0 rings (SSSR count). The van der Waals surface area contributed by atoms with Crippen LogP contribution >= 0.6 is 0 Å². The molecule has 0 aliphatic rings. The smallest absolute Gasteiger partial charge is 0.308 e. The predicted molar refractivity (Wildman–Crippen MR) is 51.9 cm³/mol. The van der Waals surface area contributed by atoms with Crippen LogP contribution in [0.3, 0.4) is 0 Å². The first-order valence-electron chi connectivity index (χ1n) is 5.14. The molecule has 0 heterocycles. The summed E-state index contributed by atoms with van der Waals surface area (Å²) in [5.41, 5.74) is 0. The highest BCUT2D eigenvalue weighted by molar-refractivity contribution is 5.70. The Morgan fingerprint density at radius 3 is 2.20 bits per heavy atom. The quantitative estimate of drug-likeness (QED) is 0.622. The highest BCUT2D eigenvalue weighted by Crippen LogP contribution is 2.14. The van der Waals surface area contributed by atoms with Gasteiger partial charge in [-0.05, 0) is 19.8 Å². The minimum Gasteiger partial charge on any atom is -0.481 e. The van der Waals surface area contributed by atoms with Gasteiger partial charge in [-0.15, -0.1) is 0 Å². The van der Waals surface area contributed by atoms with E-state index in [1.165, 1.54) is 6.92 Å². The number of aliphatic carboxylic acids is 1. The second kappa shape index (κ2) is 7.56. The maximum absolute atomic E-state index is 11.7. The number of rotatable bonds is 8. The van der Waals surface area contributed by atoms with Crippen LogP contribution in [0.2, 0.25) is 0 Å². The van der Waals surface area contributed by atoms with Crippen molar-refractivity contribution in [3.05, 3.63) is 0 Å². The van der Waals surface area contributed by atoms with E-state index in [-0.39, 0.29) is 6.42 Å². The molecular formula is C10H18F2O3. The Morgan fingerprint density at radius 1 is 1.20 bits per heavy atom. The Hall–Kier alpha value is -0.710. The van der Waals surface area contributed by atoms with Crippen LogP contribution < -0.4 is 0 Å². The number of alkyl halides is 2. The molecule has 2 atom stereocenters. The fourth-order valence-corrected chi connectivity index (χ4v) is 1.24. The molecule has 0 radical (unpaired) electrons. The first-order valence-corrected chi connectivity index (χ1v) is 5.14. The Labute approximate surface area is 88.1 Å². The van der Waals surface area contributed by atoms with Gasteiger partial charge in [-0.3, -0.25) is 4.79 Å². The normalized spacial score (nSPS) is 15.3. The van der Waals surface area contributed by atoms with Crippen LogP contribution in [0.1, 0.15) is 39.0 Å². The van der Waals surface area contributed by atoms with Crippen LogP contribution in [0.5, 0.6) is 0 Å². The van der Waals surface area contributed by atoms with E-state index < -0.39 is 24.4 Å². The van der Waals surface area contributed by atoms with E-state index in [4.69, 9.17) is 5.11 Å². The van der Waals surface area contributed by atoms with Gasteiger partial charge in [0.1, 0.15) is 0 Å². The van der Waals surface area contributed by atoms with Crippen molar-refractivity contribution in [3.8, 4) is 0 Å². The first kappa shape index (κ1) is 14.3. The molecule has 0 aliphatic carbocycles. The lowest BCUT2D eigenvalue weighted by molar-refractivity contribution is -0.144. The molecule has 3 nitrogen and oxygen atoms in total. The maximum atomic E-state index is 11.7. The van der Waals surface area contributed by atoms with Gasteiger partial charge < -0.3 is 10.2 Å². The van der Waals surface area contributed by atoms with Gasteiger partial charge in [0, 0.05) is 6.42 Å². The number of unbranched alkanes of at least 4 members (excludes halogenated alkanes) is 2. The van der Waals surface area contributed by atoms with Crippen LogP contribution in [0.25, 0.3) is 0 Å². The van der Waals surface area contributed by atoms with Crippen molar-refractivity contribution in [1.29, 1.82) is 0 Å². The molecular weight excluding hydrogens is 206 g/mol. The molecule has 5 heteroatoms. The molecule has 0 fully saturated rings. The number of aliphatic hydroxyl groups excluding tert-OH is 1. The average molecular weight is 224 g/mol. The number of halogens is 2. The number of carbonyl (C=O) groups is 1. The molecule has 0 aromatic carbocycles. The van der Waals surface area contributed by atoms with Crippen LogP contribution in [-0.4, -0.2) is 28.7 Å². The van der Waals surface area contributed by atoms with Gasteiger partial charge in [0.05, 0.1) is 12.0 Å². The van der Waals surface area contributed by atoms with Crippen molar-refractivity contribution in [1.82, 2.24) is 0 Å². The topological polar surface area (TPSA) is 57.5 Å². The van der Waals surface area contributed by atoms with Gasteiger partial charge in [-0.2, -0.15) is 0 Å². The summed E-state index contributed by atoms with van der Waals surface area (Å²) < 4.78 is 23.5. The number of hydrogen-bond donors (Lipinski definition) is 2. The van der Waals surface area contributed by atoms with Gasteiger partial charge in [0.15, 0.2) is 0 Å². The Kier molecular flexibility index (Phi) is 7.21. The van der Waals surface area contributed by atoms with Gasteiger partial charge in [0.25, 0.3) is 0 Å². The second-order valence-corrected chi connectivity index (χ2v) is 3.72. The van der Waals surface area contributed by atoms with Crippen LogP contribution in [0.15, 0.2) is 0 Å². The van der Waals surface area contributed by atoms with E-state index >= 15 is 0 Å². The first-order chi connectivity index (χ1) is 6.95. The standard InChI is InChI=1S/C10H18F2O3/c1-7(10(14)15)8(13)5-3-2-4-6-9(11)12/h7-9,13H,2-6H2,1H3,(H,14,15). The van der Waals surface area contributed by atoms with Gasteiger partial charge in [-0.1, -0.05) is 12.8 Å². The molecule has 0 bridgehead atoms. The summed E-state index contributed by atoms with van der Waals surface area (Å²) in [5, 5.41) is 17.9. The molecule has 90 valence electrons. The molecule has 2 unspecified atom stereocenters. The Balaban J connectivity index is 3.47. The van der Waals surface area contributed by atoms with Crippen molar-refractivity contribution < 1.29 is 23.8 Å². The lowest BCUT2D eigenvalue weighted by Crippen LogP contribution is -2.25. The van der Waals surface area contributed by atoms with Crippen molar-refractivity contribution in [2.75, 3.05) is 0 Å². The number of carboxylic acid groups (broad SMARTS) is 1. The van der Waals surface area contributed by atoms with Crippen molar-refractivity contribution in [2.24, 2.45) is 5.92 Å². The molecule has 0 amide bonds. The lowest BCUT2D eigenvalue weighted by atomic mass is 9.99. The maximum Gasteiger partial charge on any atom is 0.308 e. The SMILES string of the molecule is CC(C(=O)O)C(O)CCCCCC(F)F. The molecule has 0 spiro atoms. The Morgan fingerprint density at radius 2 is 1.73 bits per heavy atom. The zero-order valence-corrected chi connectivity index (χ0v) is 8.83. The minimum absolute atomic E-state index is 0.120. The zero-order chi connectivity index (χ0) is 11.8. The summed E-state index contributed by atoms with van der Waals surface area (Å²) in [7, 11) is 0. The van der Waals surface area contributed by atoms with E-state index in [9.17, 15) is 18.7 Å². The molecule has 0 aromatic rings. The fraction of sp³-hybridized carbons (Fsp3) is 0.900. The zero-order valence-electron chi connectivity index (χ0n) is 8.83. The van der Waals surface area contributed by atoms with Crippen LogP contribution in [0.4, 0.5) is 8.78 Å². The average Bonchev–Trinajstić information content (AvgIpc) is 2.15.